The molecule has 1 aliphatic heterocycles. The minimum Gasteiger partial charge on any atom is -0.480 e. The lowest BCUT2D eigenvalue weighted by atomic mass is 10.3. The molecule has 5 nitrogen and oxygen atoms in total. The molecule has 1 aromatic heterocycles. The normalized spacial score (nSPS) is 19.9. The van der Waals surface area contributed by atoms with E-state index < -0.39 is 17.3 Å². The third kappa shape index (κ3) is 3.36. The van der Waals surface area contributed by atoms with Crippen LogP contribution in [0.5, 0.6) is 0 Å². The van der Waals surface area contributed by atoms with Gasteiger partial charge in [-0.1, -0.05) is 17.8 Å². The first-order valence-corrected chi connectivity index (χ1v) is 8.77. The first-order chi connectivity index (χ1) is 9.50. The number of carboxylic acid groups (broad SMARTS) is 1. The molecule has 108 valence electrons. The molecule has 2 heterocycles. The number of hydrogen-bond donors (Lipinski definition) is 1. The summed E-state index contributed by atoms with van der Waals surface area (Å²) in [5, 5.41) is 10.1. The topological polar surface area (TPSA) is 74.7 Å². The van der Waals surface area contributed by atoms with E-state index in [1.54, 1.807) is 24.4 Å². The van der Waals surface area contributed by atoms with E-state index in [0.29, 0.717) is 16.5 Å². The van der Waals surface area contributed by atoms with E-state index in [-0.39, 0.29) is 11.0 Å². The highest BCUT2D eigenvalue weighted by atomic mass is 32.2. The van der Waals surface area contributed by atoms with Crippen LogP contribution in [0.15, 0.2) is 17.5 Å². The van der Waals surface area contributed by atoms with Gasteiger partial charge in [-0.2, -0.15) is 0 Å². The molecule has 0 spiro atoms. The van der Waals surface area contributed by atoms with Gasteiger partial charge >= 0.3 is 5.97 Å². The molecule has 2 atom stereocenters. The lowest BCUT2D eigenvalue weighted by Crippen LogP contribution is -2.45. The predicted octanol–water partition coefficient (Wildman–Crippen LogP) is 2.00. The SMILES string of the molecule is CC(SC(=O)c1cccs1)C(=O)N1CSCC1C(=O)O. The van der Waals surface area contributed by atoms with Crippen molar-refractivity contribution in [3.8, 4) is 0 Å². The first kappa shape index (κ1) is 15.4. The molecular formula is C12H13NO4S3. The van der Waals surface area contributed by atoms with Crippen LogP contribution in [0.2, 0.25) is 0 Å². The molecule has 1 aliphatic rings. The largest absolute Gasteiger partial charge is 0.480 e. The maximum Gasteiger partial charge on any atom is 0.327 e. The number of rotatable bonds is 4. The second kappa shape index (κ2) is 6.64. The second-order valence-electron chi connectivity index (χ2n) is 4.19. The zero-order valence-corrected chi connectivity index (χ0v) is 13.1. The van der Waals surface area contributed by atoms with Crippen LogP contribution in [0.1, 0.15) is 16.6 Å². The number of thioether (sulfide) groups is 2. The molecule has 1 fully saturated rings. The van der Waals surface area contributed by atoms with Crippen molar-refractivity contribution in [1.29, 1.82) is 0 Å². The Morgan fingerprint density at radius 2 is 2.25 bits per heavy atom. The highest BCUT2D eigenvalue weighted by molar-refractivity contribution is 8.15. The van der Waals surface area contributed by atoms with E-state index in [9.17, 15) is 14.4 Å². The van der Waals surface area contributed by atoms with E-state index in [0.717, 1.165) is 11.8 Å². The summed E-state index contributed by atoms with van der Waals surface area (Å²) in [4.78, 5) is 37.2. The molecule has 0 radical (unpaired) electrons. The van der Waals surface area contributed by atoms with E-state index in [4.69, 9.17) is 5.11 Å². The lowest BCUT2D eigenvalue weighted by Gasteiger charge is -2.23. The fourth-order valence-corrected chi connectivity index (χ4v) is 4.50. The highest BCUT2D eigenvalue weighted by Crippen LogP contribution is 2.27. The van der Waals surface area contributed by atoms with Crippen LogP contribution in [-0.2, 0) is 9.59 Å². The average Bonchev–Trinajstić information content (AvgIpc) is 3.08. The van der Waals surface area contributed by atoms with Gasteiger partial charge in [0, 0.05) is 5.75 Å². The van der Waals surface area contributed by atoms with Crippen molar-refractivity contribution in [2.75, 3.05) is 11.6 Å². The standard InChI is InChI=1S/C12H13NO4S3/c1-7(20-12(17)9-3-2-4-19-9)10(14)13-6-18-5-8(13)11(15)16/h2-4,7-8H,5-6H2,1H3,(H,15,16). The Balaban J connectivity index is 1.98. The maximum atomic E-state index is 12.2. The third-order valence-corrected chi connectivity index (χ3v) is 5.80. The molecule has 20 heavy (non-hydrogen) atoms. The zero-order chi connectivity index (χ0) is 14.7. The molecule has 8 heteroatoms. The number of hydrogen-bond acceptors (Lipinski definition) is 6. The van der Waals surface area contributed by atoms with Crippen LogP contribution in [-0.4, -0.2) is 49.9 Å². The Hall–Kier alpha value is -0.990. The van der Waals surface area contributed by atoms with Crippen LogP contribution in [0.4, 0.5) is 0 Å². The van der Waals surface area contributed by atoms with Crippen LogP contribution in [0.25, 0.3) is 0 Å². The van der Waals surface area contributed by atoms with E-state index in [1.807, 2.05) is 0 Å². The number of amides is 1. The Kier molecular flexibility index (Phi) is 5.11. The smallest absolute Gasteiger partial charge is 0.327 e. The number of thiophene rings is 1. The maximum absolute atomic E-state index is 12.2. The minimum atomic E-state index is -0.995. The van der Waals surface area contributed by atoms with Gasteiger partial charge in [0.1, 0.15) is 6.04 Å². The molecule has 1 aromatic rings. The van der Waals surface area contributed by atoms with Crippen LogP contribution >= 0.6 is 34.9 Å². The summed E-state index contributed by atoms with van der Waals surface area (Å²) in [6, 6.07) is 2.71. The second-order valence-corrected chi connectivity index (χ2v) is 7.45. The van der Waals surface area contributed by atoms with Gasteiger partial charge in [-0.25, -0.2) is 4.79 Å². The fourth-order valence-electron chi connectivity index (χ4n) is 1.76. The van der Waals surface area contributed by atoms with Gasteiger partial charge in [0.2, 0.25) is 11.0 Å². The minimum absolute atomic E-state index is 0.153. The lowest BCUT2D eigenvalue weighted by molar-refractivity contribution is -0.147. The van der Waals surface area contributed by atoms with Crippen LogP contribution in [0.3, 0.4) is 0 Å². The van der Waals surface area contributed by atoms with Crippen molar-refractivity contribution < 1.29 is 19.5 Å². The van der Waals surface area contributed by atoms with Crippen molar-refractivity contribution in [3.05, 3.63) is 22.4 Å². The van der Waals surface area contributed by atoms with Gasteiger partial charge in [0.05, 0.1) is 16.0 Å². The monoisotopic (exact) mass is 331 g/mol. The summed E-state index contributed by atoms with van der Waals surface area (Å²) < 4.78 is 0. The van der Waals surface area contributed by atoms with Crippen molar-refractivity contribution in [2.45, 2.75) is 18.2 Å². The molecular weight excluding hydrogens is 318 g/mol. The van der Waals surface area contributed by atoms with Crippen LogP contribution < -0.4 is 0 Å². The summed E-state index contributed by atoms with van der Waals surface area (Å²) in [6.07, 6.45) is 0. The Morgan fingerprint density at radius 3 is 2.85 bits per heavy atom. The van der Waals surface area contributed by atoms with Crippen molar-refractivity contribution >= 4 is 51.9 Å². The van der Waals surface area contributed by atoms with Gasteiger partial charge in [-0.3, -0.25) is 9.59 Å². The number of nitrogens with zero attached hydrogens (tertiary/aromatic N) is 1. The number of aliphatic carboxylic acids is 1. The number of carbonyl (C=O) groups is 3. The summed E-state index contributed by atoms with van der Waals surface area (Å²) >= 11 is 3.69. The molecule has 1 N–H and O–H groups in total. The molecule has 1 saturated heterocycles. The summed E-state index contributed by atoms with van der Waals surface area (Å²) in [6.45, 7) is 1.64. The highest BCUT2D eigenvalue weighted by Gasteiger charge is 2.37. The van der Waals surface area contributed by atoms with E-state index in [1.165, 1.54) is 28.0 Å². The first-order valence-electron chi connectivity index (χ1n) is 5.86. The van der Waals surface area contributed by atoms with Gasteiger partial charge in [0.25, 0.3) is 0 Å². The summed E-state index contributed by atoms with van der Waals surface area (Å²) in [7, 11) is 0. The summed E-state index contributed by atoms with van der Waals surface area (Å²) in [5.74, 6) is -0.520. The quantitative estimate of drug-likeness (QED) is 0.909. The van der Waals surface area contributed by atoms with Gasteiger partial charge in [-0.15, -0.1) is 23.1 Å². The molecule has 0 aliphatic carbocycles. The van der Waals surface area contributed by atoms with Crippen molar-refractivity contribution in [2.24, 2.45) is 0 Å². The molecule has 2 unspecified atom stereocenters. The average molecular weight is 331 g/mol. The van der Waals surface area contributed by atoms with Crippen molar-refractivity contribution in [3.63, 3.8) is 0 Å². The van der Waals surface area contributed by atoms with Gasteiger partial charge in [0.15, 0.2) is 0 Å². The number of carbonyl (C=O) groups excluding carboxylic acids is 2. The Morgan fingerprint density at radius 1 is 1.50 bits per heavy atom. The number of carboxylic acids is 1. The summed E-state index contributed by atoms with van der Waals surface area (Å²) in [5.41, 5.74) is 0. The van der Waals surface area contributed by atoms with Crippen molar-refractivity contribution in [1.82, 2.24) is 4.90 Å². The molecule has 2 rings (SSSR count). The molecule has 0 bridgehead atoms. The third-order valence-electron chi connectivity index (χ3n) is 2.80. The van der Waals surface area contributed by atoms with E-state index >= 15 is 0 Å². The van der Waals surface area contributed by atoms with Gasteiger partial charge < -0.3 is 10.0 Å². The Labute approximate surface area is 128 Å². The molecule has 0 aromatic carbocycles. The van der Waals surface area contributed by atoms with Crippen LogP contribution in [0, 0.1) is 0 Å². The van der Waals surface area contributed by atoms with E-state index in [2.05, 4.69) is 0 Å². The Bertz CT molecular complexity index is 517. The zero-order valence-electron chi connectivity index (χ0n) is 10.6. The van der Waals surface area contributed by atoms with Gasteiger partial charge in [-0.05, 0) is 18.4 Å². The predicted molar refractivity (Wildman–Crippen MR) is 81.3 cm³/mol. The molecule has 0 saturated carbocycles. The molecule has 1 amide bonds. The fraction of sp³-hybridized carbons (Fsp3) is 0.417.